The maximum absolute atomic E-state index is 12.6. The molecule has 0 atom stereocenters. The van der Waals surface area contributed by atoms with E-state index in [1.807, 2.05) is 6.92 Å². The second-order valence-corrected chi connectivity index (χ2v) is 5.87. The molecule has 0 saturated heterocycles. The van der Waals surface area contributed by atoms with Crippen LogP contribution >= 0.6 is 0 Å². The van der Waals surface area contributed by atoms with E-state index in [1.54, 1.807) is 19.1 Å². The standard InChI is InChI=1S/C17H23NO4/c1-3-22-10-9-17(7-4-8-17)16(21)18-13-5-6-14(15(19)20)12(2)11-13/h5-6,11H,3-4,7-10H2,1-2H3,(H,18,21)(H,19,20). The monoisotopic (exact) mass is 305 g/mol. The van der Waals surface area contributed by atoms with Gasteiger partial charge in [0.2, 0.25) is 5.91 Å². The Bertz CT molecular complexity index is 564. The zero-order valence-corrected chi connectivity index (χ0v) is 13.1. The Kier molecular flexibility index (Phi) is 5.19. The number of carbonyl (C=O) groups excluding carboxylic acids is 1. The van der Waals surface area contributed by atoms with Crippen LogP contribution in [0.4, 0.5) is 5.69 Å². The van der Waals surface area contributed by atoms with Gasteiger partial charge in [0.15, 0.2) is 0 Å². The number of aromatic carboxylic acids is 1. The first-order valence-corrected chi connectivity index (χ1v) is 7.72. The molecule has 0 spiro atoms. The highest BCUT2D eigenvalue weighted by molar-refractivity contribution is 5.97. The third-order valence-electron chi connectivity index (χ3n) is 4.44. The van der Waals surface area contributed by atoms with E-state index in [2.05, 4.69) is 5.32 Å². The van der Waals surface area contributed by atoms with E-state index in [9.17, 15) is 9.59 Å². The number of aryl methyl sites for hydroxylation is 1. The number of carbonyl (C=O) groups is 2. The average molecular weight is 305 g/mol. The smallest absolute Gasteiger partial charge is 0.335 e. The molecule has 120 valence electrons. The van der Waals surface area contributed by atoms with Crippen molar-refractivity contribution < 1.29 is 19.4 Å². The van der Waals surface area contributed by atoms with Crippen molar-refractivity contribution in [1.82, 2.24) is 0 Å². The van der Waals surface area contributed by atoms with Gasteiger partial charge >= 0.3 is 5.97 Å². The number of benzene rings is 1. The van der Waals surface area contributed by atoms with Gasteiger partial charge in [-0.1, -0.05) is 6.42 Å². The fraction of sp³-hybridized carbons (Fsp3) is 0.529. The van der Waals surface area contributed by atoms with Crippen LogP contribution in [0.3, 0.4) is 0 Å². The van der Waals surface area contributed by atoms with Crippen LogP contribution in [-0.2, 0) is 9.53 Å². The maximum Gasteiger partial charge on any atom is 0.335 e. The lowest BCUT2D eigenvalue weighted by molar-refractivity contribution is -0.132. The molecule has 1 amide bonds. The normalized spacial score (nSPS) is 15.9. The molecule has 0 bridgehead atoms. The second kappa shape index (κ2) is 6.92. The quantitative estimate of drug-likeness (QED) is 0.758. The van der Waals surface area contributed by atoms with Crippen molar-refractivity contribution in [3.63, 3.8) is 0 Å². The highest BCUT2D eigenvalue weighted by atomic mass is 16.5. The zero-order chi connectivity index (χ0) is 16.2. The number of ether oxygens (including phenoxy) is 1. The maximum atomic E-state index is 12.6. The van der Waals surface area contributed by atoms with Crippen molar-refractivity contribution in [1.29, 1.82) is 0 Å². The molecular weight excluding hydrogens is 282 g/mol. The van der Waals surface area contributed by atoms with Crippen molar-refractivity contribution in [2.45, 2.75) is 39.5 Å². The molecule has 0 unspecified atom stereocenters. The van der Waals surface area contributed by atoms with Crippen LogP contribution in [0.25, 0.3) is 0 Å². The molecule has 0 heterocycles. The molecule has 1 aliphatic carbocycles. The Balaban J connectivity index is 2.04. The van der Waals surface area contributed by atoms with Gasteiger partial charge in [0.05, 0.1) is 11.0 Å². The predicted octanol–water partition coefficient (Wildman–Crippen LogP) is 3.23. The van der Waals surface area contributed by atoms with Crippen molar-refractivity contribution in [3.8, 4) is 0 Å². The number of hydrogen-bond donors (Lipinski definition) is 2. The van der Waals surface area contributed by atoms with Gasteiger partial charge < -0.3 is 15.2 Å². The third-order valence-corrected chi connectivity index (χ3v) is 4.44. The van der Waals surface area contributed by atoms with E-state index in [0.717, 1.165) is 25.7 Å². The molecule has 1 aromatic rings. The van der Waals surface area contributed by atoms with E-state index in [4.69, 9.17) is 9.84 Å². The van der Waals surface area contributed by atoms with Crippen LogP contribution in [0.5, 0.6) is 0 Å². The van der Waals surface area contributed by atoms with Crippen LogP contribution < -0.4 is 5.32 Å². The molecule has 0 aliphatic heterocycles. The largest absolute Gasteiger partial charge is 0.478 e. The summed E-state index contributed by atoms with van der Waals surface area (Å²) in [6.45, 7) is 4.93. The van der Waals surface area contributed by atoms with Crippen LogP contribution in [0.2, 0.25) is 0 Å². The van der Waals surface area contributed by atoms with Gasteiger partial charge in [-0.15, -0.1) is 0 Å². The van der Waals surface area contributed by atoms with Crippen molar-refractivity contribution in [2.75, 3.05) is 18.5 Å². The third kappa shape index (κ3) is 3.47. The van der Waals surface area contributed by atoms with E-state index >= 15 is 0 Å². The Morgan fingerprint density at radius 2 is 2.09 bits per heavy atom. The number of rotatable bonds is 7. The van der Waals surface area contributed by atoms with E-state index in [0.29, 0.717) is 24.5 Å². The second-order valence-electron chi connectivity index (χ2n) is 5.87. The van der Waals surface area contributed by atoms with Crippen molar-refractivity contribution in [3.05, 3.63) is 29.3 Å². The summed E-state index contributed by atoms with van der Waals surface area (Å²) in [4.78, 5) is 23.6. The lowest BCUT2D eigenvalue weighted by Crippen LogP contribution is -2.42. The first-order valence-electron chi connectivity index (χ1n) is 7.72. The van der Waals surface area contributed by atoms with Gasteiger partial charge in [-0.3, -0.25) is 4.79 Å². The van der Waals surface area contributed by atoms with Crippen molar-refractivity contribution in [2.24, 2.45) is 5.41 Å². The van der Waals surface area contributed by atoms with Gasteiger partial charge in [-0.25, -0.2) is 4.79 Å². The predicted molar refractivity (Wildman–Crippen MR) is 84.2 cm³/mol. The lowest BCUT2D eigenvalue weighted by atomic mass is 9.66. The van der Waals surface area contributed by atoms with E-state index < -0.39 is 5.97 Å². The number of carboxylic acids is 1. The minimum Gasteiger partial charge on any atom is -0.478 e. The van der Waals surface area contributed by atoms with Gasteiger partial charge in [0.1, 0.15) is 0 Å². The van der Waals surface area contributed by atoms with Gasteiger partial charge in [-0.05, 0) is 56.9 Å². The summed E-state index contributed by atoms with van der Waals surface area (Å²) in [5, 5.41) is 12.0. The highest BCUT2D eigenvalue weighted by Gasteiger charge is 2.43. The summed E-state index contributed by atoms with van der Waals surface area (Å²) in [7, 11) is 0. The topological polar surface area (TPSA) is 75.6 Å². The Morgan fingerprint density at radius 1 is 1.36 bits per heavy atom. The molecular formula is C17H23NO4. The first-order chi connectivity index (χ1) is 10.5. The number of hydrogen-bond acceptors (Lipinski definition) is 3. The summed E-state index contributed by atoms with van der Waals surface area (Å²) < 4.78 is 5.38. The molecule has 0 radical (unpaired) electrons. The number of nitrogens with one attached hydrogen (secondary N) is 1. The van der Waals surface area contributed by atoms with Crippen LogP contribution in [0.1, 0.15) is 48.5 Å². The van der Waals surface area contributed by atoms with Gasteiger partial charge in [-0.2, -0.15) is 0 Å². The summed E-state index contributed by atoms with van der Waals surface area (Å²) in [6.07, 6.45) is 3.57. The number of carboxylic acid groups (broad SMARTS) is 1. The van der Waals surface area contributed by atoms with Crippen LogP contribution in [0.15, 0.2) is 18.2 Å². The zero-order valence-electron chi connectivity index (χ0n) is 13.1. The molecule has 5 nitrogen and oxygen atoms in total. The van der Waals surface area contributed by atoms with Gasteiger partial charge in [0.25, 0.3) is 0 Å². The molecule has 22 heavy (non-hydrogen) atoms. The lowest BCUT2D eigenvalue weighted by Gasteiger charge is -2.40. The number of amides is 1. The summed E-state index contributed by atoms with van der Waals surface area (Å²) in [5.41, 5.74) is 1.22. The highest BCUT2D eigenvalue weighted by Crippen LogP contribution is 2.44. The molecule has 2 rings (SSSR count). The summed E-state index contributed by atoms with van der Waals surface area (Å²) in [6, 6.07) is 4.88. The SMILES string of the molecule is CCOCCC1(C(=O)Nc2ccc(C(=O)O)c(C)c2)CCC1. The molecule has 1 aliphatic rings. The fourth-order valence-corrected chi connectivity index (χ4v) is 2.85. The Morgan fingerprint density at radius 3 is 2.59 bits per heavy atom. The first kappa shape index (κ1) is 16.5. The Labute approximate surface area is 130 Å². The molecule has 5 heteroatoms. The molecule has 2 N–H and O–H groups in total. The van der Waals surface area contributed by atoms with E-state index in [1.165, 1.54) is 6.07 Å². The average Bonchev–Trinajstić information content (AvgIpc) is 2.41. The minimum absolute atomic E-state index is 0.0147. The van der Waals surface area contributed by atoms with Crippen LogP contribution in [-0.4, -0.2) is 30.2 Å². The molecule has 1 fully saturated rings. The van der Waals surface area contributed by atoms with Crippen molar-refractivity contribution >= 4 is 17.6 Å². The molecule has 0 aromatic heterocycles. The molecule has 1 saturated carbocycles. The molecule has 1 aromatic carbocycles. The van der Waals surface area contributed by atoms with E-state index in [-0.39, 0.29) is 16.9 Å². The minimum atomic E-state index is -0.956. The Hall–Kier alpha value is -1.88. The number of anilines is 1. The van der Waals surface area contributed by atoms with Crippen LogP contribution in [0, 0.1) is 12.3 Å². The fourth-order valence-electron chi connectivity index (χ4n) is 2.85. The summed E-state index contributed by atoms with van der Waals surface area (Å²) in [5.74, 6) is -0.941. The van der Waals surface area contributed by atoms with Gasteiger partial charge in [0, 0.05) is 18.9 Å². The summed E-state index contributed by atoms with van der Waals surface area (Å²) >= 11 is 0.